The van der Waals surface area contributed by atoms with Gasteiger partial charge in [-0.1, -0.05) is 12.5 Å². The van der Waals surface area contributed by atoms with Crippen molar-refractivity contribution in [2.24, 2.45) is 5.92 Å². The van der Waals surface area contributed by atoms with Crippen LogP contribution in [0.15, 0.2) is 26.7 Å². The monoisotopic (exact) mass is 320 g/mol. The van der Waals surface area contributed by atoms with Crippen molar-refractivity contribution in [3.63, 3.8) is 0 Å². The number of aromatic nitrogens is 2. The molecule has 0 spiro atoms. The van der Waals surface area contributed by atoms with Gasteiger partial charge in [-0.05, 0) is 43.6 Å². The normalized spacial score (nSPS) is 28.5. The number of piperidine rings is 1. The van der Waals surface area contributed by atoms with E-state index < -0.39 is 0 Å². The molecule has 3 heterocycles. The molecular weight excluding hydrogens is 298 g/mol. The Bertz CT molecular complexity index is 674. The number of nitrogens with one attached hydrogen (secondary N) is 1. The Hall–Kier alpha value is -1.40. The Morgan fingerprint density at radius 2 is 2.18 bits per heavy atom. The van der Waals surface area contributed by atoms with Gasteiger partial charge in [0.05, 0.1) is 17.5 Å². The summed E-state index contributed by atoms with van der Waals surface area (Å²) in [6, 6.07) is 4.59. The SMILES string of the molecule is O=c1oc(-c2cccs2)nn1C[NH+]1CCC[C@H]2CCCC[C@@H]21. The fraction of sp³-hybridized carbons (Fsp3) is 0.625. The molecule has 0 aromatic carbocycles. The van der Waals surface area contributed by atoms with Crippen LogP contribution in [-0.4, -0.2) is 22.4 Å². The molecule has 118 valence electrons. The van der Waals surface area contributed by atoms with Gasteiger partial charge < -0.3 is 9.32 Å². The zero-order chi connectivity index (χ0) is 14.9. The average Bonchev–Trinajstić information content (AvgIpc) is 3.18. The van der Waals surface area contributed by atoms with Crippen molar-refractivity contribution in [2.45, 2.75) is 51.2 Å². The third-order valence-corrected chi connectivity index (χ3v) is 6.06. The number of rotatable bonds is 3. The molecule has 4 rings (SSSR count). The van der Waals surface area contributed by atoms with E-state index in [1.54, 1.807) is 11.3 Å². The first-order valence-electron chi connectivity index (χ1n) is 8.27. The van der Waals surface area contributed by atoms with E-state index in [9.17, 15) is 4.79 Å². The zero-order valence-corrected chi connectivity index (χ0v) is 13.5. The van der Waals surface area contributed by atoms with Gasteiger partial charge in [0.1, 0.15) is 0 Å². The molecule has 2 aliphatic rings. The number of hydrogen-bond donors (Lipinski definition) is 1. The first kappa shape index (κ1) is 14.2. The van der Waals surface area contributed by atoms with E-state index in [1.807, 2.05) is 17.5 Å². The lowest BCUT2D eigenvalue weighted by Crippen LogP contribution is -3.17. The molecule has 1 aliphatic carbocycles. The van der Waals surface area contributed by atoms with Crippen LogP contribution in [0.4, 0.5) is 0 Å². The van der Waals surface area contributed by atoms with Crippen LogP contribution in [0, 0.1) is 5.92 Å². The van der Waals surface area contributed by atoms with Crippen LogP contribution in [0.1, 0.15) is 38.5 Å². The van der Waals surface area contributed by atoms with E-state index in [0.717, 1.165) is 17.3 Å². The lowest BCUT2D eigenvalue weighted by Gasteiger charge is -2.40. The quantitative estimate of drug-likeness (QED) is 0.937. The van der Waals surface area contributed by atoms with Gasteiger partial charge in [-0.25, -0.2) is 4.79 Å². The molecular formula is C16H22N3O2S+. The maximum Gasteiger partial charge on any atom is 0.442 e. The van der Waals surface area contributed by atoms with Crippen molar-refractivity contribution in [1.82, 2.24) is 9.78 Å². The molecule has 1 N–H and O–H groups in total. The Morgan fingerprint density at radius 1 is 1.32 bits per heavy atom. The molecule has 5 nitrogen and oxygen atoms in total. The summed E-state index contributed by atoms with van der Waals surface area (Å²) in [7, 11) is 0. The Morgan fingerprint density at radius 3 is 3.05 bits per heavy atom. The first-order valence-corrected chi connectivity index (χ1v) is 9.15. The average molecular weight is 320 g/mol. The minimum atomic E-state index is -0.325. The lowest BCUT2D eigenvalue weighted by atomic mass is 9.78. The van der Waals surface area contributed by atoms with Gasteiger partial charge in [-0.3, -0.25) is 0 Å². The highest BCUT2D eigenvalue weighted by molar-refractivity contribution is 7.13. The molecule has 6 heteroatoms. The summed E-state index contributed by atoms with van der Waals surface area (Å²) >= 11 is 1.55. The molecule has 1 saturated carbocycles. The molecule has 1 aliphatic heterocycles. The Labute approximate surface area is 133 Å². The number of fused-ring (bicyclic) bond motifs is 1. The number of hydrogen-bond acceptors (Lipinski definition) is 4. The summed E-state index contributed by atoms with van der Waals surface area (Å²) < 4.78 is 6.86. The maximum atomic E-state index is 12.1. The van der Waals surface area contributed by atoms with Gasteiger partial charge in [0, 0.05) is 5.92 Å². The Balaban J connectivity index is 1.54. The van der Waals surface area contributed by atoms with Gasteiger partial charge in [0.25, 0.3) is 5.89 Å². The largest absolute Gasteiger partial charge is 0.442 e. The van der Waals surface area contributed by atoms with E-state index >= 15 is 0 Å². The highest BCUT2D eigenvalue weighted by Crippen LogP contribution is 2.28. The fourth-order valence-electron chi connectivity index (χ4n) is 4.16. The van der Waals surface area contributed by atoms with E-state index in [4.69, 9.17) is 4.42 Å². The van der Waals surface area contributed by atoms with Crippen LogP contribution in [0.25, 0.3) is 10.8 Å². The van der Waals surface area contributed by atoms with E-state index in [0.29, 0.717) is 18.6 Å². The molecule has 2 aromatic heterocycles. The van der Waals surface area contributed by atoms with Crippen LogP contribution in [-0.2, 0) is 6.67 Å². The van der Waals surface area contributed by atoms with Crippen LogP contribution in [0.3, 0.4) is 0 Å². The lowest BCUT2D eigenvalue weighted by molar-refractivity contribution is -0.958. The second-order valence-corrected chi connectivity index (χ2v) is 7.46. The second-order valence-electron chi connectivity index (χ2n) is 6.51. The number of nitrogens with zero attached hydrogens (tertiary/aromatic N) is 2. The summed E-state index contributed by atoms with van der Waals surface area (Å²) in [6.45, 7) is 1.80. The highest BCUT2D eigenvalue weighted by atomic mass is 32.1. The molecule has 2 aromatic rings. The standard InChI is InChI=1S/C16H21N3O2S/c20-16-19(17-15(21-16)14-8-4-10-22-14)11-18-9-3-6-12-5-1-2-7-13(12)18/h4,8,10,12-13H,1-3,5-7,9,11H2/p+1/t12-,13+/m1/s1. The second kappa shape index (κ2) is 6.01. The molecule has 22 heavy (non-hydrogen) atoms. The number of quaternary nitrogens is 1. The topological polar surface area (TPSA) is 52.5 Å². The van der Waals surface area contributed by atoms with Crippen LogP contribution >= 0.6 is 11.3 Å². The minimum absolute atomic E-state index is 0.325. The highest BCUT2D eigenvalue weighted by Gasteiger charge is 2.37. The summed E-state index contributed by atoms with van der Waals surface area (Å²) in [6.07, 6.45) is 8.00. The third-order valence-electron chi connectivity index (χ3n) is 5.20. The van der Waals surface area contributed by atoms with Crippen molar-refractivity contribution in [3.05, 3.63) is 28.1 Å². The van der Waals surface area contributed by atoms with Crippen molar-refractivity contribution in [3.8, 4) is 10.8 Å². The van der Waals surface area contributed by atoms with Crippen molar-refractivity contribution in [2.75, 3.05) is 6.54 Å². The summed E-state index contributed by atoms with van der Waals surface area (Å²) in [5, 5.41) is 6.38. The molecule has 0 radical (unpaired) electrons. The Kier molecular flexibility index (Phi) is 3.88. The molecule has 2 fully saturated rings. The van der Waals surface area contributed by atoms with E-state index in [2.05, 4.69) is 5.10 Å². The smallest absolute Gasteiger partial charge is 0.387 e. The summed E-state index contributed by atoms with van der Waals surface area (Å²) in [5.74, 6) is 0.974. The number of thiophene rings is 1. The van der Waals surface area contributed by atoms with Crippen LogP contribution in [0.2, 0.25) is 0 Å². The van der Waals surface area contributed by atoms with Crippen molar-refractivity contribution < 1.29 is 9.32 Å². The summed E-state index contributed by atoms with van der Waals surface area (Å²) in [4.78, 5) is 14.5. The predicted octanol–water partition coefficient (Wildman–Crippen LogP) is 1.76. The van der Waals surface area contributed by atoms with E-state index in [-0.39, 0.29) is 5.76 Å². The minimum Gasteiger partial charge on any atom is -0.387 e. The number of likely N-dealkylation sites (tertiary alicyclic amines) is 1. The molecule has 1 unspecified atom stereocenters. The van der Waals surface area contributed by atoms with Gasteiger partial charge >= 0.3 is 5.76 Å². The maximum absolute atomic E-state index is 12.1. The van der Waals surface area contributed by atoms with Gasteiger partial charge in [-0.2, -0.15) is 0 Å². The van der Waals surface area contributed by atoms with Gasteiger partial charge in [0.15, 0.2) is 6.67 Å². The van der Waals surface area contributed by atoms with Crippen LogP contribution in [0.5, 0.6) is 0 Å². The molecule has 1 saturated heterocycles. The predicted molar refractivity (Wildman–Crippen MR) is 84.9 cm³/mol. The molecule has 0 amide bonds. The first-order chi connectivity index (χ1) is 10.8. The summed E-state index contributed by atoms with van der Waals surface area (Å²) in [5.41, 5.74) is 0. The van der Waals surface area contributed by atoms with E-state index in [1.165, 1.54) is 48.1 Å². The van der Waals surface area contributed by atoms with Crippen molar-refractivity contribution in [1.29, 1.82) is 0 Å². The van der Waals surface area contributed by atoms with Crippen molar-refractivity contribution >= 4 is 11.3 Å². The molecule has 3 atom stereocenters. The molecule has 0 bridgehead atoms. The fourth-order valence-corrected chi connectivity index (χ4v) is 4.81. The zero-order valence-electron chi connectivity index (χ0n) is 12.7. The van der Waals surface area contributed by atoms with Gasteiger partial charge in [-0.15, -0.1) is 21.1 Å². The van der Waals surface area contributed by atoms with Crippen LogP contribution < -0.4 is 10.7 Å². The third kappa shape index (κ3) is 2.65. The van der Waals surface area contributed by atoms with Gasteiger partial charge in [0.2, 0.25) is 0 Å².